The molecule has 10 heteroatoms. The predicted octanol–water partition coefficient (Wildman–Crippen LogP) is 3.55. The number of nitrogens with one attached hydrogen (secondary N) is 1. The van der Waals surface area contributed by atoms with Crippen LogP contribution in [0.2, 0.25) is 0 Å². The summed E-state index contributed by atoms with van der Waals surface area (Å²) in [5.74, 6) is -0.703. The third kappa shape index (κ3) is 6.34. The number of carbonyl (C=O) groups excluding carboxylic acids is 2. The molecule has 0 saturated carbocycles. The molecule has 2 aliphatic heterocycles. The Bertz CT molecular complexity index is 1290. The number of aromatic nitrogens is 2. The van der Waals surface area contributed by atoms with E-state index in [1.807, 2.05) is 12.1 Å². The van der Waals surface area contributed by atoms with E-state index in [1.165, 1.54) is 16.8 Å². The molecule has 0 radical (unpaired) electrons. The maximum absolute atomic E-state index is 12.9. The molecule has 1 N–H and O–H groups in total. The molecule has 2 saturated heterocycles. The Balaban J connectivity index is 1.27. The summed E-state index contributed by atoms with van der Waals surface area (Å²) in [6, 6.07) is 18.9. The fraction of sp³-hybridized carbons (Fsp3) is 0.357. The second-order valence-corrected chi connectivity index (χ2v) is 9.12. The van der Waals surface area contributed by atoms with E-state index >= 15 is 0 Å². The van der Waals surface area contributed by atoms with Crippen molar-refractivity contribution in [3.8, 4) is 0 Å². The van der Waals surface area contributed by atoms with Crippen molar-refractivity contribution in [3.63, 3.8) is 0 Å². The van der Waals surface area contributed by atoms with Crippen LogP contribution in [0.1, 0.15) is 52.6 Å². The van der Waals surface area contributed by atoms with Crippen LogP contribution in [0.5, 0.6) is 0 Å². The van der Waals surface area contributed by atoms with E-state index in [-0.39, 0.29) is 24.6 Å². The number of esters is 1. The van der Waals surface area contributed by atoms with E-state index in [2.05, 4.69) is 10.3 Å². The van der Waals surface area contributed by atoms with E-state index < -0.39 is 30.1 Å². The molecule has 10 nitrogen and oxygen atoms in total. The summed E-state index contributed by atoms with van der Waals surface area (Å²) in [6.45, 7) is 0.573. The molecule has 2 aliphatic rings. The highest BCUT2D eigenvalue weighted by molar-refractivity contribution is 6.03. The smallest absolute Gasteiger partial charge is 0.351 e. The molecule has 3 aromatic rings. The van der Waals surface area contributed by atoms with E-state index in [0.717, 1.165) is 19.3 Å². The van der Waals surface area contributed by atoms with Gasteiger partial charge in [-0.05, 0) is 49.6 Å². The number of hydrogen-bond donors (Lipinski definition) is 1. The van der Waals surface area contributed by atoms with Crippen molar-refractivity contribution in [3.05, 3.63) is 94.5 Å². The highest BCUT2D eigenvalue weighted by Gasteiger charge is 2.40. The molecule has 1 aromatic heterocycles. The number of carbonyl (C=O) groups is 2. The largest absolute Gasteiger partial charge is 0.459 e. The molecule has 4 atom stereocenters. The lowest BCUT2D eigenvalue weighted by Gasteiger charge is -2.27. The van der Waals surface area contributed by atoms with Crippen LogP contribution in [0.3, 0.4) is 0 Å². The van der Waals surface area contributed by atoms with E-state index in [9.17, 15) is 14.4 Å². The van der Waals surface area contributed by atoms with Crippen LogP contribution >= 0.6 is 0 Å². The third-order valence-corrected chi connectivity index (χ3v) is 6.45. The number of rotatable bonds is 8. The number of nitrogens with zero attached hydrogens (tertiary/aromatic N) is 2. The molecule has 198 valence electrons. The van der Waals surface area contributed by atoms with Crippen molar-refractivity contribution in [2.75, 3.05) is 18.5 Å². The molecular weight excluding hydrogens is 490 g/mol. The molecular formula is C28H29N3O7. The van der Waals surface area contributed by atoms with Crippen molar-refractivity contribution in [1.29, 1.82) is 0 Å². The average molecular weight is 520 g/mol. The van der Waals surface area contributed by atoms with Crippen molar-refractivity contribution >= 4 is 17.7 Å². The van der Waals surface area contributed by atoms with Crippen LogP contribution in [0, 0.1) is 0 Å². The van der Waals surface area contributed by atoms with Gasteiger partial charge < -0.3 is 24.3 Å². The zero-order chi connectivity index (χ0) is 26.3. The van der Waals surface area contributed by atoms with Crippen LogP contribution in [0.4, 0.5) is 5.82 Å². The van der Waals surface area contributed by atoms with E-state index in [0.29, 0.717) is 24.2 Å². The first-order valence-corrected chi connectivity index (χ1v) is 12.7. The SMILES string of the molecule is O=C(Nc1ccn([C@H]2C[C@H](OC3CCCCO3)[C@@H](COC(=O)c3ccccc3)O2)c(=O)n1)c1ccccc1. The molecule has 38 heavy (non-hydrogen) atoms. The van der Waals surface area contributed by atoms with Crippen molar-refractivity contribution in [2.45, 2.75) is 50.4 Å². The predicted molar refractivity (Wildman–Crippen MR) is 137 cm³/mol. The molecule has 2 aromatic carbocycles. The summed E-state index contributed by atoms with van der Waals surface area (Å²) < 4.78 is 24.9. The first-order valence-electron chi connectivity index (χ1n) is 12.7. The topological polar surface area (TPSA) is 118 Å². The minimum absolute atomic E-state index is 0.0466. The van der Waals surface area contributed by atoms with Crippen LogP contribution in [0.15, 0.2) is 77.7 Å². The van der Waals surface area contributed by atoms with Crippen molar-refractivity contribution < 1.29 is 28.5 Å². The standard InChI is InChI=1S/C28H29N3O7/c32-26(19-9-3-1-4-10-19)29-23-14-15-31(28(34)30-23)24-17-21(38-25-13-7-8-16-35-25)22(37-24)18-36-27(33)20-11-5-2-6-12-20/h1-6,9-12,14-15,21-22,24-25H,7-8,13,16-18H2,(H,29,30,32,34)/t21-,22+,24+,25?/m0/s1. The highest BCUT2D eigenvalue weighted by atomic mass is 16.7. The van der Waals surface area contributed by atoms with Crippen molar-refractivity contribution in [2.24, 2.45) is 0 Å². The van der Waals surface area contributed by atoms with E-state index in [4.69, 9.17) is 18.9 Å². The van der Waals surface area contributed by atoms with Crippen LogP contribution < -0.4 is 11.0 Å². The van der Waals surface area contributed by atoms with Crippen LogP contribution in [0.25, 0.3) is 0 Å². The lowest BCUT2D eigenvalue weighted by molar-refractivity contribution is -0.199. The maximum Gasteiger partial charge on any atom is 0.351 e. The first-order chi connectivity index (χ1) is 18.6. The highest BCUT2D eigenvalue weighted by Crippen LogP contribution is 2.32. The molecule has 1 unspecified atom stereocenters. The Morgan fingerprint density at radius 3 is 2.42 bits per heavy atom. The van der Waals surface area contributed by atoms with Gasteiger partial charge in [0.05, 0.1) is 11.7 Å². The lowest BCUT2D eigenvalue weighted by Crippen LogP contribution is -2.35. The van der Waals surface area contributed by atoms with Gasteiger partial charge in [0.15, 0.2) is 6.29 Å². The molecule has 3 heterocycles. The lowest BCUT2D eigenvalue weighted by atomic mass is 10.1. The molecule has 0 bridgehead atoms. The summed E-state index contributed by atoms with van der Waals surface area (Å²) in [5, 5.41) is 2.63. The quantitative estimate of drug-likeness (QED) is 0.449. The number of hydrogen-bond acceptors (Lipinski definition) is 8. The molecule has 0 aliphatic carbocycles. The third-order valence-electron chi connectivity index (χ3n) is 6.45. The second kappa shape index (κ2) is 12.1. The minimum atomic E-state index is -0.692. The Morgan fingerprint density at radius 2 is 1.74 bits per heavy atom. The summed E-state index contributed by atoms with van der Waals surface area (Å²) in [5.41, 5.74) is 0.301. The van der Waals surface area contributed by atoms with Gasteiger partial charge in [-0.2, -0.15) is 4.98 Å². The first kappa shape index (κ1) is 25.8. The average Bonchev–Trinajstić information content (AvgIpc) is 3.35. The van der Waals surface area contributed by atoms with Gasteiger partial charge in [-0.3, -0.25) is 9.36 Å². The Kier molecular flexibility index (Phi) is 8.22. The summed E-state index contributed by atoms with van der Waals surface area (Å²) >= 11 is 0. The fourth-order valence-corrected chi connectivity index (χ4v) is 4.47. The summed E-state index contributed by atoms with van der Waals surface area (Å²) in [7, 11) is 0. The van der Waals surface area contributed by atoms with Gasteiger partial charge >= 0.3 is 11.7 Å². The molecule has 2 fully saturated rings. The summed E-state index contributed by atoms with van der Waals surface area (Å²) in [6.07, 6.45) is 2.45. The van der Waals surface area contributed by atoms with Crippen LogP contribution in [-0.4, -0.2) is 53.1 Å². The number of amides is 1. The van der Waals surface area contributed by atoms with Gasteiger partial charge in [0.25, 0.3) is 5.91 Å². The van der Waals surface area contributed by atoms with Gasteiger partial charge in [-0.25, -0.2) is 9.59 Å². The Morgan fingerprint density at radius 1 is 1.00 bits per heavy atom. The zero-order valence-corrected chi connectivity index (χ0v) is 20.7. The van der Waals surface area contributed by atoms with E-state index in [1.54, 1.807) is 48.5 Å². The van der Waals surface area contributed by atoms with Crippen LogP contribution in [-0.2, 0) is 18.9 Å². The van der Waals surface area contributed by atoms with Gasteiger partial charge in [-0.1, -0.05) is 36.4 Å². The molecule has 1 amide bonds. The van der Waals surface area contributed by atoms with Gasteiger partial charge in [0.2, 0.25) is 0 Å². The fourth-order valence-electron chi connectivity index (χ4n) is 4.47. The molecule has 5 rings (SSSR count). The minimum Gasteiger partial charge on any atom is -0.459 e. The van der Waals surface area contributed by atoms with Gasteiger partial charge in [0.1, 0.15) is 24.8 Å². The molecule has 0 spiro atoms. The second-order valence-electron chi connectivity index (χ2n) is 9.12. The zero-order valence-electron chi connectivity index (χ0n) is 20.7. The monoisotopic (exact) mass is 519 g/mol. The number of ether oxygens (including phenoxy) is 4. The maximum atomic E-state index is 12.9. The Hall–Kier alpha value is -3.86. The number of benzene rings is 2. The van der Waals surface area contributed by atoms with Crippen molar-refractivity contribution in [1.82, 2.24) is 9.55 Å². The van der Waals surface area contributed by atoms with Gasteiger partial charge in [0, 0.05) is 24.8 Å². The normalized spacial score (nSPS) is 23.1. The Labute approximate surface area is 219 Å². The van der Waals surface area contributed by atoms with Gasteiger partial charge in [-0.15, -0.1) is 0 Å². The summed E-state index contributed by atoms with van der Waals surface area (Å²) in [4.78, 5) is 41.8. The number of anilines is 1.